The quantitative estimate of drug-likeness (QED) is 0.539. The molecule has 1 aliphatic heterocycles. The highest BCUT2D eigenvalue weighted by Crippen LogP contribution is 2.41. The Bertz CT molecular complexity index is 464. The van der Waals surface area contributed by atoms with Gasteiger partial charge in [0.05, 0.1) is 17.4 Å². The van der Waals surface area contributed by atoms with Crippen LogP contribution in [-0.2, 0) is 6.42 Å². The van der Waals surface area contributed by atoms with E-state index in [0.717, 1.165) is 0 Å². The highest BCUT2D eigenvalue weighted by Gasteiger charge is 2.26. The van der Waals surface area contributed by atoms with Crippen LogP contribution in [0.15, 0.2) is 12.1 Å². The Morgan fingerprint density at radius 2 is 2.33 bits per heavy atom. The third kappa shape index (κ3) is 1.55. The molecule has 0 fully saturated rings. The molecule has 0 amide bonds. The van der Waals surface area contributed by atoms with Crippen molar-refractivity contribution < 1.29 is 14.4 Å². The zero-order valence-corrected chi connectivity index (χ0v) is 7.60. The number of rotatable bonds is 2. The molecular formula is C9H6N2O4. The van der Waals surface area contributed by atoms with Gasteiger partial charge in [-0.3, -0.25) is 10.1 Å². The van der Waals surface area contributed by atoms with Gasteiger partial charge in [-0.15, -0.1) is 0 Å². The predicted molar refractivity (Wildman–Crippen MR) is 48.5 cm³/mol. The summed E-state index contributed by atoms with van der Waals surface area (Å²) in [7, 11) is 0. The summed E-state index contributed by atoms with van der Waals surface area (Å²) >= 11 is 0. The molecule has 6 nitrogen and oxygen atoms in total. The third-order valence-electron chi connectivity index (χ3n) is 1.99. The number of nitrogens with zero attached hydrogens (tertiary/aromatic N) is 2. The van der Waals surface area contributed by atoms with Gasteiger partial charge in [0.25, 0.3) is 0 Å². The molecule has 0 atom stereocenters. The van der Waals surface area contributed by atoms with E-state index in [1.54, 1.807) is 6.07 Å². The van der Waals surface area contributed by atoms with Crippen molar-refractivity contribution in [2.75, 3.05) is 6.79 Å². The summed E-state index contributed by atoms with van der Waals surface area (Å²) in [5.41, 5.74) is 0.392. The van der Waals surface area contributed by atoms with Gasteiger partial charge in [-0.25, -0.2) is 0 Å². The normalized spacial score (nSPS) is 12.2. The number of nitro benzene ring substituents is 1. The van der Waals surface area contributed by atoms with E-state index < -0.39 is 4.92 Å². The van der Waals surface area contributed by atoms with Crippen LogP contribution in [0.2, 0.25) is 0 Å². The fraction of sp³-hybridized carbons (Fsp3) is 0.222. The number of hydrogen-bond donors (Lipinski definition) is 0. The molecule has 0 unspecified atom stereocenters. The van der Waals surface area contributed by atoms with Gasteiger partial charge in [-0.1, -0.05) is 0 Å². The lowest BCUT2D eigenvalue weighted by Gasteiger charge is -2.00. The van der Waals surface area contributed by atoms with Crippen LogP contribution in [0, 0.1) is 21.4 Å². The molecule has 76 valence electrons. The van der Waals surface area contributed by atoms with E-state index in [2.05, 4.69) is 0 Å². The zero-order valence-electron chi connectivity index (χ0n) is 7.60. The van der Waals surface area contributed by atoms with Crippen LogP contribution in [0.4, 0.5) is 5.69 Å². The Morgan fingerprint density at radius 3 is 3.00 bits per heavy atom. The molecule has 15 heavy (non-hydrogen) atoms. The van der Waals surface area contributed by atoms with E-state index in [-0.39, 0.29) is 24.7 Å². The number of benzene rings is 1. The topological polar surface area (TPSA) is 85.4 Å². The van der Waals surface area contributed by atoms with Crippen molar-refractivity contribution in [1.29, 1.82) is 5.26 Å². The minimum Gasteiger partial charge on any atom is -0.453 e. The molecule has 0 saturated carbocycles. The van der Waals surface area contributed by atoms with Crippen molar-refractivity contribution in [2.24, 2.45) is 0 Å². The summed E-state index contributed by atoms with van der Waals surface area (Å²) in [6, 6.07) is 4.83. The molecule has 0 N–H and O–H groups in total. The number of nitriles is 1. The molecule has 1 aliphatic rings. The number of ether oxygens (including phenoxy) is 2. The second-order valence-corrected chi connectivity index (χ2v) is 2.94. The zero-order chi connectivity index (χ0) is 10.8. The molecular weight excluding hydrogens is 200 g/mol. The molecule has 1 aromatic carbocycles. The van der Waals surface area contributed by atoms with E-state index >= 15 is 0 Å². The molecule has 0 saturated heterocycles. The number of fused-ring (bicyclic) bond motifs is 1. The maximum absolute atomic E-state index is 10.7. The summed E-state index contributed by atoms with van der Waals surface area (Å²) in [5, 5.41) is 19.2. The van der Waals surface area contributed by atoms with Crippen molar-refractivity contribution in [2.45, 2.75) is 6.42 Å². The first kappa shape index (κ1) is 9.27. The second kappa shape index (κ2) is 3.46. The Balaban J connectivity index is 2.53. The lowest BCUT2D eigenvalue weighted by Crippen LogP contribution is -1.95. The predicted octanol–water partition coefficient (Wildman–Crippen LogP) is 1.39. The van der Waals surface area contributed by atoms with E-state index in [9.17, 15) is 10.1 Å². The highest BCUT2D eigenvalue weighted by molar-refractivity contribution is 5.59. The van der Waals surface area contributed by atoms with Crippen molar-refractivity contribution in [1.82, 2.24) is 0 Å². The van der Waals surface area contributed by atoms with Gasteiger partial charge in [0, 0.05) is 6.07 Å². The summed E-state index contributed by atoms with van der Waals surface area (Å²) < 4.78 is 10.0. The Hall–Kier alpha value is -2.29. The molecule has 1 heterocycles. The smallest absolute Gasteiger partial charge is 0.315 e. The third-order valence-corrected chi connectivity index (χ3v) is 1.99. The number of nitro groups is 1. The molecule has 0 spiro atoms. The Kier molecular flexibility index (Phi) is 2.14. The lowest BCUT2D eigenvalue weighted by molar-refractivity contribution is -0.385. The minimum absolute atomic E-state index is 0.0216. The molecule has 2 rings (SSSR count). The number of hydrogen-bond acceptors (Lipinski definition) is 5. The fourth-order valence-electron chi connectivity index (χ4n) is 1.38. The van der Waals surface area contributed by atoms with E-state index in [1.165, 1.54) is 6.07 Å². The molecule has 1 aromatic rings. The largest absolute Gasteiger partial charge is 0.453 e. The van der Waals surface area contributed by atoms with Gasteiger partial charge in [-0.05, 0) is 11.6 Å². The average molecular weight is 206 g/mol. The minimum atomic E-state index is -0.547. The lowest BCUT2D eigenvalue weighted by atomic mass is 10.1. The first-order chi connectivity index (χ1) is 7.22. The maximum Gasteiger partial charge on any atom is 0.315 e. The first-order valence-corrected chi connectivity index (χ1v) is 4.16. The Morgan fingerprint density at radius 1 is 1.53 bits per heavy atom. The SMILES string of the molecule is N#CCc1cc2c(c([N+](=O)[O-])c1)OCO2. The van der Waals surface area contributed by atoms with Gasteiger partial charge < -0.3 is 9.47 Å². The van der Waals surface area contributed by atoms with Crippen LogP contribution in [0.25, 0.3) is 0 Å². The summed E-state index contributed by atoms with van der Waals surface area (Å²) in [6.45, 7) is -0.0216. The van der Waals surface area contributed by atoms with E-state index in [0.29, 0.717) is 11.3 Å². The molecule has 6 heteroatoms. The van der Waals surface area contributed by atoms with E-state index in [4.69, 9.17) is 14.7 Å². The molecule has 0 aromatic heterocycles. The second-order valence-electron chi connectivity index (χ2n) is 2.94. The van der Waals surface area contributed by atoms with Crippen LogP contribution in [0.5, 0.6) is 11.5 Å². The van der Waals surface area contributed by atoms with Crippen molar-refractivity contribution in [3.8, 4) is 17.6 Å². The highest BCUT2D eigenvalue weighted by atomic mass is 16.7. The Labute approximate surface area is 84.8 Å². The molecule has 0 radical (unpaired) electrons. The standard InChI is InChI=1S/C9H6N2O4/c10-2-1-6-3-7(11(12)13)9-8(4-6)14-5-15-9/h3-4H,1,5H2. The fourth-order valence-corrected chi connectivity index (χ4v) is 1.38. The van der Waals surface area contributed by atoms with Crippen LogP contribution in [0.3, 0.4) is 0 Å². The van der Waals surface area contributed by atoms with Gasteiger partial charge in [0.1, 0.15) is 0 Å². The summed E-state index contributed by atoms with van der Waals surface area (Å²) in [5.74, 6) is 0.469. The van der Waals surface area contributed by atoms with Crippen LogP contribution >= 0.6 is 0 Å². The van der Waals surface area contributed by atoms with Gasteiger partial charge >= 0.3 is 5.69 Å². The van der Waals surface area contributed by atoms with Crippen LogP contribution in [0.1, 0.15) is 5.56 Å². The first-order valence-electron chi connectivity index (χ1n) is 4.16. The molecule has 0 aliphatic carbocycles. The summed E-state index contributed by atoms with van der Waals surface area (Å²) in [4.78, 5) is 10.2. The monoisotopic (exact) mass is 206 g/mol. The summed E-state index contributed by atoms with van der Waals surface area (Å²) in [6.07, 6.45) is 0.109. The van der Waals surface area contributed by atoms with Gasteiger partial charge in [-0.2, -0.15) is 5.26 Å². The molecule has 0 bridgehead atoms. The van der Waals surface area contributed by atoms with Crippen LogP contribution in [-0.4, -0.2) is 11.7 Å². The van der Waals surface area contributed by atoms with Crippen molar-refractivity contribution in [3.05, 3.63) is 27.8 Å². The average Bonchev–Trinajstić information content (AvgIpc) is 2.64. The van der Waals surface area contributed by atoms with E-state index in [1.807, 2.05) is 6.07 Å². The van der Waals surface area contributed by atoms with Crippen molar-refractivity contribution >= 4 is 5.69 Å². The van der Waals surface area contributed by atoms with Crippen molar-refractivity contribution in [3.63, 3.8) is 0 Å². The van der Waals surface area contributed by atoms with Gasteiger partial charge in [0.15, 0.2) is 5.75 Å². The maximum atomic E-state index is 10.7. The van der Waals surface area contributed by atoms with Crippen LogP contribution < -0.4 is 9.47 Å². The van der Waals surface area contributed by atoms with Gasteiger partial charge in [0.2, 0.25) is 12.5 Å².